The Hall–Kier alpha value is -1.43. The minimum atomic E-state index is -0.414. The van der Waals surface area contributed by atoms with Gasteiger partial charge >= 0.3 is 5.69 Å². The first-order valence-electron chi connectivity index (χ1n) is 7.23. The molecule has 21 heavy (non-hydrogen) atoms. The van der Waals surface area contributed by atoms with E-state index in [0.29, 0.717) is 11.8 Å². The summed E-state index contributed by atoms with van der Waals surface area (Å²) in [5, 5.41) is 14.4. The second kappa shape index (κ2) is 8.77. The number of ether oxygens (including phenoxy) is 1. The molecule has 0 aliphatic heterocycles. The number of thioether (sulfide) groups is 1. The van der Waals surface area contributed by atoms with E-state index in [1.54, 1.807) is 12.1 Å². The largest absolute Gasteiger partial charge is 0.484 e. The van der Waals surface area contributed by atoms with Gasteiger partial charge in [-0.05, 0) is 44.8 Å². The lowest BCUT2D eigenvalue weighted by Crippen LogP contribution is -2.16. The van der Waals surface area contributed by atoms with Crippen molar-refractivity contribution in [2.75, 3.05) is 16.8 Å². The van der Waals surface area contributed by atoms with Crippen LogP contribution in [-0.2, 0) is 0 Å². The number of rotatable bonds is 9. The van der Waals surface area contributed by atoms with Gasteiger partial charge in [-0.2, -0.15) is 11.8 Å². The minimum Gasteiger partial charge on any atom is -0.484 e. The Morgan fingerprint density at radius 3 is 2.67 bits per heavy atom. The lowest BCUT2D eigenvalue weighted by molar-refractivity contribution is -0.386. The lowest BCUT2D eigenvalue weighted by Gasteiger charge is -2.16. The van der Waals surface area contributed by atoms with Crippen LogP contribution in [-0.4, -0.2) is 28.6 Å². The molecule has 1 aromatic carbocycles. The molecule has 0 bridgehead atoms. The molecule has 0 radical (unpaired) electrons. The van der Waals surface area contributed by atoms with Crippen molar-refractivity contribution in [3.05, 3.63) is 28.3 Å². The molecule has 1 aromatic rings. The number of nitrogens with one attached hydrogen (secondary N) is 1. The van der Waals surface area contributed by atoms with Crippen molar-refractivity contribution >= 4 is 23.1 Å². The summed E-state index contributed by atoms with van der Waals surface area (Å²) in [7, 11) is 0. The first-order valence-corrected chi connectivity index (χ1v) is 8.38. The zero-order valence-electron chi connectivity index (χ0n) is 13.1. The normalized spacial score (nSPS) is 12.2. The van der Waals surface area contributed by atoms with Gasteiger partial charge in [0.1, 0.15) is 0 Å². The fourth-order valence-electron chi connectivity index (χ4n) is 1.86. The molecule has 0 saturated carbocycles. The smallest absolute Gasteiger partial charge is 0.311 e. The Balaban J connectivity index is 2.77. The molecule has 6 heteroatoms. The highest BCUT2D eigenvalue weighted by molar-refractivity contribution is 7.99. The summed E-state index contributed by atoms with van der Waals surface area (Å²) < 4.78 is 5.54. The monoisotopic (exact) mass is 312 g/mol. The predicted molar refractivity (Wildman–Crippen MR) is 89.6 cm³/mol. The third-order valence-corrected chi connectivity index (χ3v) is 3.76. The summed E-state index contributed by atoms with van der Waals surface area (Å²) in [5.41, 5.74) is 0.855. The van der Waals surface area contributed by atoms with E-state index in [0.717, 1.165) is 23.6 Å². The quantitative estimate of drug-likeness (QED) is 0.418. The molecule has 1 unspecified atom stereocenters. The van der Waals surface area contributed by atoms with E-state index >= 15 is 0 Å². The number of anilines is 1. The van der Waals surface area contributed by atoms with Crippen LogP contribution >= 0.6 is 11.8 Å². The van der Waals surface area contributed by atoms with Gasteiger partial charge < -0.3 is 10.1 Å². The summed E-state index contributed by atoms with van der Waals surface area (Å²) in [4.78, 5) is 10.6. The van der Waals surface area contributed by atoms with Crippen molar-refractivity contribution in [3.8, 4) is 5.75 Å². The maximum Gasteiger partial charge on any atom is 0.311 e. The van der Waals surface area contributed by atoms with Crippen LogP contribution in [0.25, 0.3) is 0 Å². The molecule has 0 heterocycles. The first-order chi connectivity index (χ1) is 9.93. The number of hydrogen-bond donors (Lipinski definition) is 1. The molecule has 0 aliphatic rings. The standard InChI is InChI=1S/C15H24N2O3S/c1-5-21-9-8-12(4)16-13-6-7-14(17(18)19)15(10-13)20-11(2)3/h6-7,10-12,16H,5,8-9H2,1-4H3. The van der Waals surface area contributed by atoms with Crippen molar-refractivity contribution in [1.82, 2.24) is 0 Å². The van der Waals surface area contributed by atoms with Crippen molar-refractivity contribution in [1.29, 1.82) is 0 Å². The summed E-state index contributed by atoms with van der Waals surface area (Å²) >= 11 is 1.91. The molecule has 1 rings (SSSR count). The van der Waals surface area contributed by atoms with Gasteiger partial charge in [-0.1, -0.05) is 6.92 Å². The van der Waals surface area contributed by atoms with Crippen LogP contribution in [0.2, 0.25) is 0 Å². The SMILES string of the molecule is CCSCCC(C)Nc1ccc([N+](=O)[O-])c(OC(C)C)c1. The van der Waals surface area contributed by atoms with E-state index in [1.165, 1.54) is 6.07 Å². The summed E-state index contributed by atoms with van der Waals surface area (Å²) in [6.45, 7) is 7.97. The van der Waals surface area contributed by atoms with Crippen LogP contribution in [0.4, 0.5) is 11.4 Å². The Morgan fingerprint density at radius 2 is 2.10 bits per heavy atom. The second-order valence-corrected chi connectivity index (χ2v) is 6.53. The fraction of sp³-hybridized carbons (Fsp3) is 0.600. The number of nitrogens with zero attached hydrogens (tertiary/aromatic N) is 1. The van der Waals surface area contributed by atoms with Crippen molar-refractivity contribution in [2.24, 2.45) is 0 Å². The Bertz CT molecular complexity index is 466. The van der Waals surface area contributed by atoms with Gasteiger partial charge in [0.25, 0.3) is 0 Å². The van der Waals surface area contributed by atoms with Crippen LogP contribution in [0, 0.1) is 10.1 Å². The molecule has 1 N–H and O–H groups in total. The van der Waals surface area contributed by atoms with E-state index in [9.17, 15) is 10.1 Å². The third-order valence-electron chi connectivity index (χ3n) is 2.83. The molecule has 0 fully saturated rings. The highest BCUT2D eigenvalue weighted by atomic mass is 32.2. The average Bonchev–Trinajstić information content (AvgIpc) is 2.38. The van der Waals surface area contributed by atoms with E-state index in [2.05, 4.69) is 19.2 Å². The fourth-order valence-corrected chi connectivity index (χ4v) is 2.67. The van der Waals surface area contributed by atoms with Gasteiger partial charge in [-0.3, -0.25) is 10.1 Å². The Kier molecular flexibility index (Phi) is 7.36. The van der Waals surface area contributed by atoms with E-state index in [-0.39, 0.29) is 11.8 Å². The number of nitro benzene ring substituents is 1. The molecule has 0 spiro atoms. The van der Waals surface area contributed by atoms with Gasteiger partial charge in [-0.15, -0.1) is 0 Å². The van der Waals surface area contributed by atoms with Gasteiger partial charge in [0.15, 0.2) is 5.75 Å². The molecule has 1 atom stereocenters. The number of hydrogen-bond acceptors (Lipinski definition) is 5. The molecule has 118 valence electrons. The van der Waals surface area contributed by atoms with Crippen LogP contribution in [0.15, 0.2) is 18.2 Å². The summed E-state index contributed by atoms with van der Waals surface area (Å²) in [6.07, 6.45) is 0.952. The van der Waals surface area contributed by atoms with Gasteiger partial charge in [0.2, 0.25) is 0 Å². The maximum absolute atomic E-state index is 11.0. The van der Waals surface area contributed by atoms with Gasteiger partial charge in [-0.25, -0.2) is 0 Å². The van der Waals surface area contributed by atoms with E-state index in [1.807, 2.05) is 25.6 Å². The molecule has 0 amide bonds. The molecule has 0 aliphatic carbocycles. The maximum atomic E-state index is 11.0. The highest BCUT2D eigenvalue weighted by Gasteiger charge is 2.17. The van der Waals surface area contributed by atoms with E-state index in [4.69, 9.17) is 4.74 Å². The Morgan fingerprint density at radius 1 is 1.38 bits per heavy atom. The van der Waals surface area contributed by atoms with E-state index < -0.39 is 4.92 Å². The van der Waals surface area contributed by atoms with Gasteiger partial charge in [0, 0.05) is 23.9 Å². The molecule has 5 nitrogen and oxygen atoms in total. The zero-order chi connectivity index (χ0) is 15.8. The second-order valence-electron chi connectivity index (χ2n) is 5.14. The van der Waals surface area contributed by atoms with Crippen molar-refractivity contribution in [3.63, 3.8) is 0 Å². The minimum absolute atomic E-state index is 0.00319. The van der Waals surface area contributed by atoms with Crippen molar-refractivity contribution in [2.45, 2.75) is 46.3 Å². The third kappa shape index (κ3) is 6.25. The van der Waals surface area contributed by atoms with Crippen LogP contribution in [0.3, 0.4) is 0 Å². The number of benzene rings is 1. The topological polar surface area (TPSA) is 64.4 Å². The van der Waals surface area contributed by atoms with Crippen molar-refractivity contribution < 1.29 is 9.66 Å². The zero-order valence-corrected chi connectivity index (χ0v) is 13.9. The highest BCUT2D eigenvalue weighted by Crippen LogP contribution is 2.31. The summed E-state index contributed by atoms with van der Waals surface area (Å²) in [6, 6.07) is 5.25. The molecular formula is C15H24N2O3S. The van der Waals surface area contributed by atoms with Crippen LogP contribution in [0.1, 0.15) is 34.1 Å². The van der Waals surface area contributed by atoms with Gasteiger partial charge in [0.05, 0.1) is 11.0 Å². The lowest BCUT2D eigenvalue weighted by atomic mass is 10.2. The Labute approximate surface area is 130 Å². The summed E-state index contributed by atoms with van der Waals surface area (Å²) in [5.74, 6) is 2.54. The molecule has 0 saturated heterocycles. The molecule has 0 aromatic heterocycles. The first kappa shape index (κ1) is 17.6. The number of nitro groups is 1. The van der Waals surface area contributed by atoms with Crippen LogP contribution < -0.4 is 10.1 Å². The predicted octanol–water partition coefficient (Wildman–Crippen LogP) is 4.33. The van der Waals surface area contributed by atoms with Crippen LogP contribution in [0.5, 0.6) is 5.75 Å². The average molecular weight is 312 g/mol. The molecular weight excluding hydrogens is 288 g/mol.